The summed E-state index contributed by atoms with van der Waals surface area (Å²) in [6.07, 6.45) is 3.97. The van der Waals surface area contributed by atoms with E-state index in [0.717, 1.165) is 5.56 Å². The minimum Gasteiger partial charge on any atom is -0.494 e. The fraction of sp³-hybridized carbons (Fsp3) is 0.250. The molecule has 0 bridgehead atoms. The second-order valence-corrected chi connectivity index (χ2v) is 8.81. The van der Waals surface area contributed by atoms with Gasteiger partial charge in [-0.05, 0) is 55.3 Å². The summed E-state index contributed by atoms with van der Waals surface area (Å²) < 4.78 is 44.5. The third-order valence-corrected chi connectivity index (χ3v) is 6.26. The molecule has 34 heavy (non-hydrogen) atoms. The number of nitrogens with one attached hydrogen (secondary N) is 2. The number of carbonyl (C=O) groups excluding carboxylic acids is 1. The van der Waals surface area contributed by atoms with E-state index in [4.69, 9.17) is 14.2 Å². The van der Waals surface area contributed by atoms with E-state index in [2.05, 4.69) is 15.0 Å². The van der Waals surface area contributed by atoms with Crippen molar-refractivity contribution in [3.05, 3.63) is 72.1 Å². The first-order valence-corrected chi connectivity index (χ1v) is 12.0. The predicted molar refractivity (Wildman–Crippen MR) is 128 cm³/mol. The molecule has 0 atom stereocenters. The number of carbonyl (C=O) groups is 1. The average molecular weight is 486 g/mol. The Labute approximate surface area is 199 Å². The van der Waals surface area contributed by atoms with Gasteiger partial charge in [0.05, 0.1) is 37.0 Å². The first kappa shape index (κ1) is 24.8. The molecule has 0 spiro atoms. The molecule has 2 N–H and O–H groups in total. The molecule has 9 nitrogen and oxygen atoms in total. The van der Waals surface area contributed by atoms with E-state index in [-0.39, 0.29) is 21.9 Å². The minimum atomic E-state index is -4.00. The number of ether oxygens (including phenoxy) is 3. The van der Waals surface area contributed by atoms with E-state index in [1.807, 2.05) is 19.1 Å². The lowest BCUT2D eigenvalue weighted by atomic mass is 10.1. The molecule has 0 aliphatic carbocycles. The number of amides is 1. The third kappa shape index (κ3) is 6.16. The van der Waals surface area contributed by atoms with Gasteiger partial charge in [0.1, 0.15) is 5.75 Å². The lowest BCUT2D eigenvalue weighted by molar-refractivity contribution is 0.0954. The second kappa shape index (κ2) is 11.4. The van der Waals surface area contributed by atoms with Gasteiger partial charge in [0, 0.05) is 25.0 Å². The molecule has 3 rings (SSSR count). The van der Waals surface area contributed by atoms with E-state index in [9.17, 15) is 13.2 Å². The van der Waals surface area contributed by atoms with Crippen LogP contribution in [0.4, 0.5) is 5.69 Å². The smallest absolute Gasteiger partial charge is 0.261 e. The van der Waals surface area contributed by atoms with Crippen molar-refractivity contribution in [3.63, 3.8) is 0 Å². The highest BCUT2D eigenvalue weighted by Crippen LogP contribution is 2.34. The van der Waals surface area contributed by atoms with Gasteiger partial charge < -0.3 is 19.5 Å². The van der Waals surface area contributed by atoms with Gasteiger partial charge in [-0.25, -0.2) is 8.42 Å². The molecule has 0 aliphatic heterocycles. The van der Waals surface area contributed by atoms with E-state index < -0.39 is 15.9 Å². The maximum Gasteiger partial charge on any atom is 0.261 e. The van der Waals surface area contributed by atoms with Crippen molar-refractivity contribution in [3.8, 4) is 17.2 Å². The lowest BCUT2D eigenvalue weighted by Gasteiger charge is -2.16. The van der Waals surface area contributed by atoms with Crippen LogP contribution in [0, 0.1) is 0 Å². The van der Waals surface area contributed by atoms with Gasteiger partial charge in [-0.3, -0.25) is 14.5 Å². The van der Waals surface area contributed by atoms with Crippen molar-refractivity contribution in [1.82, 2.24) is 10.3 Å². The molecule has 0 fully saturated rings. The van der Waals surface area contributed by atoms with Gasteiger partial charge in [0.25, 0.3) is 15.9 Å². The van der Waals surface area contributed by atoms with Crippen molar-refractivity contribution in [2.24, 2.45) is 0 Å². The SMILES string of the molecule is CCOc1ccc(S(=O)(=O)Nc2cc(OC)c(OC)cc2C(=O)NCCc2cccnc2)cc1. The highest BCUT2D eigenvalue weighted by Gasteiger charge is 2.22. The molecule has 1 aromatic heterocycles. The number of pyridine rings is 1. The third-order valence-electron chi connectivity index (χ3n) is 4.88. The molecule has 0 aliphatic rings. The lowest BCUT2D eigenvalue weighted by Crippen LogP contribution is -2.27. The summed E-state index contributed by atoms with van der Waals surface area (Å²) in [7, 11) is -1.14. The van der Waals surface area contributed by atoms with E-state index >= 15 is 0 Å². The van der Waals surface area contributed by atoms with E-state index in [0.29, 0.717) is 31.1 Å². The molecule has 180 valence electrons. The number of anilines is 1. The molecule has 2 aromatic carbocycles. The quantitative estimate of drug-likeness (QED) is 0.428. The molecule has 3 aromatic rings. The van der Waals surface area contributed by atoms with Gasteiger partial charge in [0.2, 0.25) is 0 Å². The van der Waals surface area contributed by atoms with Crippen LogP contribution in [0.25, 0.3) is 0 Å². The molecule has 0 saturated heterocycles. The summed E-state index contributed by atoms with van der Waals surface area (Å²) in [4.78, 5) is 17.1. The molecular formula is C24H27N3O6S. The van der Waals surface area contributed by atoms with Crippen LogP contribution in [0.2, 0.25) is 0 Å². The summed E-state index contributed by atoms with van der Waals surface area (Å²) in [6.45, 7) is 2.64. The van der Waals surface area contributed by atoms with Crippen LogP contribution in [0.3, 0.4) is 0 Å². The van der Waals surface area contributed by atoms with Gasteiger partial charge in [-0.1, -0.05) is 6.07 Å². The van der Waals surface area contributed by atoms with Gasteiger partial charge in [0.15, 0.2) is 11.5 Å². The molecule has 10 heteroatoms. The van der Waals surface area contributed by atoms with Crippen LogP contribution in [0.15, 0.2) is 65.8 Å². The summed E-state index contributed by atoms with van der Waals surface area (Å²) in [5, 5.41) is 2.81. The Kier molecular flexibility index (Phi) is 8.31. The number of hydrogen-bond acceptors (Lipinski definition) is 7. The molecule has 1 amide bonds. The first-order chi connectivity index (χ1) is 16.4. The maximum atomic E-state index is 13.0. The number of hydrogen-bond donors (Lipinski definition) is 2. The first-order valence-electron chi connectivity index (χ1n) is 10.6. The van der Waals surface area contributed by atoms with Crippen LogP contribution >= 0.6 is 0 Å². The summed E-state index contributed by atoms with van der Waals surface area (Å²) in [5.41, 5.74) is 1.12. The number of benzene rings is 2. The Balaban J connectivity index is 1.86. The minimum absolute atomic E-state index is 0.0219. The maximum absolute atomic E-state index is 13.0. The summed E-state index contributed by atoms with van der Waals surface area (Å²) >= 11 is 0. The number of sulfonamides is 1. The van der Waals surface area contributed by atoms with Crippen molar-refractivity contribution in [1.29, 1.82) is 0 Å². The van der Waals surface area contributed by atoms with Crippen LogP contribution in [0.1, 0.15) is 22.8 Å². The van der Waals surface area contributed by atoms with Crippen LogP contribution in [-0.2, 0) is 16.4 Å². The topological polar surface area (TPSA) is 116 Å². The summed E-state index contributed by atoms with van der Waals surface area (Å²) in [5.74, 6) is 0.665. The highest BCUT2D eigenvalue weighted by molar-refractivity contribution is 7.92. The zero-order valence-electron chi connectivity index (χ0n) is 19.2. The normalized spacial score (nSPS) is 10.9. The van der Waals surface area contributed by atoms with Gasteiger partial charge in [-0.15, -0.1) is 0 Å². The van der Waals surface area contributed by atoms with Crippen molar-refractivity contribution < 1.29 is 27.4 Å². The van der Waals surface area contributed by atoms with Crippen molar-refractivity contribution >= 4 is 21.6 Å². The van der Waals surface area contributed by atoms with E-state index in [1.54, 1.807) is 24.5 Å². The van der Waals surface area contributed by atoms with Crippen LogP contribution in [0.5, 0.6) is 17.2 Å². The molecular weight excluding hydrogens is 458 g/mol. The predicted octanol–water partition coefficient (Wildman–Crippen LogP) is 3.27. The van der Waals surface area contributed by atoms with Crippen LogP contribution in [-0.4, -0.2) is 46.7 Å². The molecule has 0 unspecified atom stereocenters. The number of aromatic nitrogens is 1. The highest BCUT2D eigenvalue weighted by atomic mass is 32.2. The number of rotatable bonds is 11. The fourth-order valence-electron chi connectivity index (χ4n) is 3.20. The van der Waals surface area contributed by atoms with Gasteiger partial charge in [-0.2, -0.15) is 0 Å². The molecule has 0 radical (unpaired) electrons. The monoisotopic (exact) mass is 485 g/mol. The largest absolute Gasteiger partial charge is 0.494 e. The summed E-state index contributed by atoms with van der Waals surface area (Å²) in [6, 6.07) is 12.6. The Morgan fingerprint density at radius 3 is 2.35 bits per heavy atom. The Morgan fingerprint density at radius 1 is 1.03 bits per heavy atom. The number of methoxy groups -OCH3 is 2. The fourth-order valence-corrected chi connectivity index (χ4v) is 4.27. The second-order valence-electron chi connectivity index (χ2n) is 7.13. The number of nitrogens with zero attached hydrogens (tertiary/aromatic N) is 1. The average Bonchev–Trinajstić information content (AvgIpc) is 2.84. The van der Waals surface area contributed by atoms with Crippen molar-refractivity contribution in [2.75, 3.05) is 32.1 Å². The molecule has 1 heterocycles. The van der Waals surface area contributed by atoms with Crippen LogP contribution < -0.4 is 24.2 Å². The van der Waals surface area contributed by atoms with Crippen molar-refractivity contribution in [2.45, 2.75) is 18.2 Å². The Bertz CT molecular complexity index is 1220. The zero-order chi connectivity index (χ0) is 24.6. The van der Waals surface area contributed by atoms with Gasteiger partial charge >= 0.3 is 0 Å². The van der Waals surface area contributed by atoms with E-state index in [1.165, 1.54) is 38.5 Å². The Morgan fingerprint density at radius 2 is 1.74 bits per heavy atom. The molecule has 0 saturated carbocycles. The standard InChI is InChI=1S/C24H27N3O6S/c1-4-33-18-7-9-19(10-8-18)34(29,30)27-21-15-23(32-3)22(31-2)14-20(21)24(28)26-13-11-17-6-5-12-25-16-17/h5-10,12,14-16,27H,4,11,13H2,1-3H3,(H,26,28). The Hall–Kier alpha value is -3.79. The zero-order valence-corrected chi connectivity index (χ0v) is 20.0.